The molecule has 6 heteroatoms. The fourth-order valence-electron chi connectivity index (χ4n) is 6.13. The van der Waals surface area contributed by atoms with Gasteiger partial charge in [0.15, 0.2) is 0 Å². The second-order valence-corrected chi connectivity index (χ2v) is 10.8. The minimum Gasteiger partial charge on any atom is -0.380 e. The number of alkyl halides is 3. The molecule has 0 aromatic heterocycles. The van der Waals surface area contributed by atoms with E-state index in [1.165, 1.54) is 49.6 Å². The van der Waals surface area contributed by atoms with Crippen LogP contribution in [0.2, 0.25) is 0 Å². The van der Waals surface area contributed by atoms with Crippen LogP contribution < -0.4 is 0 Å². The predicted molar refractivity (Wildman–Crippen MR) is 121 cm³/mol. The summed E-state index contributed by atoms with van der Waals surface area (Å²) in [6, 6.07) is 12.0. The van der Waals surface area contributed by atoms with Crippen LogP contribution in [0.25, 0.3) is 0 Å². The molecule has 2 aromatic rings. The SMILES string of the molecule is CC(C1CCCC1)N1CCC(C2(O)c3ccccc3Sc3ccc(C(F)(F)F)cc32)CC1. The van der Waals surface area contributed by atoms with E-state index in [0.717, 1.165) is 53.3 Å². The standard InChI is InChI=1S/C26H30F3NOS/c1-17(18-6-2-3-7-18)30-14-12-19(13-15-30)25(31)21-8-4-5-9-23(21)32-24-11-10-20(16-22(24)25)26(27,28)29/h4-5,8-11,16-19,31H,2-3,6-7,12-15H2,1H3. The van der Waals surface area contributed by atoms with Gasteiger partial charge in [0, 0.05) is 27.0 Å². The molecule has 1 N–H and O–H groups in total. The summed E-state index contributed by atoms with van der Waals surface area (Å²) in [5.74, 6) is 0.635. The third kappa shape index (κ3) is 3.78. The summed E-state index contributed by atoms with van der Waals surface area (Å²) in [5.41, 5.74) is -0.930. The molecule has 0 bridgehead atoms. The Morgan fingerprint density at radius 2 is 1.62 bits per heavy atom. The zero-order valence-corrected chi connectivity index (χ0v) is 19.2. The number of hydrogen-bond acceptors (Lipinski definition) is 3. The van der Waals surface area contributed by atoms with Gasteiger partial charge in [-0.1, -0.05) is 42.8 Å². The first kappa shape index (κ1) is 22.3. The molecule has 2 fully saturated rings. The minimum atomic E-state index is -4.43. The van der Waals surface area contributed by atoms with Crippen molar-refractivity contribution in [3.63, 3.8) is 0 Å². The lowest BCUT2D eigenvalue weighted by Gasteiger charge is -2.47. The van der Waals surface area contributed by atoms with Gasteiger partial charge in [-0.05, 0) is 81.8 Å². The van der Waals surface area contributed by atoms with Crippen molar-refractivity contribution in [3.05, 3.63) is 59.2 Å². The maximum atomic E-state index is 13.5. The van der Waals surface area contributed by atoms with Gasteiger partial charge in [0.2, 0.25) is 0 Å². The molecule has 0 amide bonds. The molecule has 2 aliphatic heterocycles. The van der Waals surface area contributed by atoms with Crippen LogP contribution in [0.15, 0.2) is 52.3 Å². The van der Waals surface area contributed by atoms with Crippen LogP contribution in [-0.2, 0) is 11.8 Å². The summed E-state index contributed by atoms with van der Waals surface area (Å²) in [4.78, 5) is 4.19. The summed E-state index contributed by atoms with van der Waals surface area (Å²) in [7, 11) is 0. The van der Waals surface area contributed by atoms with Gasteiger partial charge in [0.05, 0.1) is 5.56 Å². The monoisotopic (exact) mass is 461 g/mol. The molecule has 0 spiro atoms. The zero-order valence-electron chi connectivity index (χ0n) is 18.4. The van der Waals surface area contributed by atoms with E-state index >= 15 is 0 Å². The van der Waals surface area contributed by atoms with Gasteiger partial charge in [0.1, 0.15) is 5.60 Å². The molecule has 172 valence electrons. The van der Waals surface area contributed by atoms with E-state index in [0.29, 0.717) is 11.6 Å². The summed E-state index contributed by atoms with van der Waals surface area (Å²) < 4.78 is 40.6. The molecule has 2 atom stereocenters. The van der Waals surface area contributed by atoms with Gasteiger partial charge in [-0.15, -0.1) is 0 Å². The Morgan fingerprint density at radius 3 is 2.31 bits per heavy atom. The average Bonchev–Trinajstić information content (AvgIpc) is 3.33. The first-order chi connectivity index (χ1) is 15.3. The molecular weight excluding hydrogens is 431 g/mol. The van der Waals surface area contributed by atoms with Crippen molar-refractivity contribution in [2.24, 2.45) is 11.8 Å². The third-order valence-electron chi connectivity index (χ3n) is 8.01. The highest BCUT2D eigenvalue weighted by Gasteiger charge is 2.48. The Kier molecular flexibility index (Phi) is 5.83. The third-order valence-corrected chi connectivity index (χ3v) is 9.17. The first-order valence-corrected chi connectivity index (χ1v) is 12.6. The second-order valence-electron chi connectivity index (χ2n) is 9.67. The lowest BCUT2D eigenvalue weighted by molar-refractivity contribution is -0.137. The van der Waals surface area contributed by atoms with Crippen LogP contribution in [0, 0.1) is 11.8 Å². The molecule has 0 radical (unpaired) electrons. The number of benzene rings is 2. The summed E-state index contributed by atoms with van der Waals surface area (Å²) >= 11 is 1.45. The van der Waals surface area contributed by atoms with E-state index in [1.807, 2.05) is 24.3 Å². The highest BCUT2D eigenvalue weighted by atomic mass is 32.2. The zero-order chi connectivity index (χ0) is 22.5. The summed E-state index contributed by atoms with van der Waals surface area (Å²) in [5, 5.41) is 12.2. The Hall–Kier alpha value is -1.50. The Balaban J connectivity index is 1.48. The van der Waals surface area contributed by atoms with Crippen molar-refractivity contribution in [1.82, 2.24) is 4.90 Å². The normalized spacial score (nSPS) is 26.0. The Morgan fingerprint density at radius 1 is 0.969 bits per heavy atom. The van der Waals surface area contributed by atoms with Gasteiger partial charge in [0.25, 0.3) is 0 Å². The molecule has 1 saturated carbocycles. The number of likely N-dealkylation sites (tertiary alicyclic amines) is 1. The van der Waals surface area contributed by atoms with Crippen LogP contribution >= 0.6 is 11.8 Å². The summed E-state index contributed by atoms with van der Waals surface area (Å²) in [6.07, 6.45) is 2.35. The number of piperidine rings is 1. The van der Waals surface area contributed by atoms with Gasteiger partial charge >= 0.3 is 6.18 Å². The van der Waals surface area contributed by atoms with Crippen molar-refractivity contribution >= 4 is 11.8 Å². The largest absolute Gasteiger partial charge is 0.416 e. The lowest BCUT2D eigenvalue weighted by atomic mass is 9.71. The van der Waals surface area contributed by atoms with E-state index in [2.05, 4.69) is 11.8 Å². The number of hydrogen-bond donors (Lipinski definition) is 1. The average molecular weight is 462 g/mol. The van der Waals surface area contributed by atoms with E-state index in [9.17, 15) is 18.3 Å². The Bertz CT molecular complexity index is 979. The number of rotatable bonds is 3. The molecule has 2 heterocycles. The molecule has 3 aliphatic rings. The first-order valence-electron chi connectivity index (χ1n) is 11.7. The molecule has 2 unspecified atom stereocenters. The van der Waals surface area contributed by atoms with Crippen molar-refractivity contribution in [1.29, 1.82) is 0 Å². The topological polar surface area (TPSA) is 23.5 Å². The van der Waals surface area contributed by atoms with E-state index in [4.69, 9.17) is 0 Å². The maximum Gasteiger partial charge on any atom is 0.416 e. The van der Waals surface area contributed by atoms with Gasteiger partial charge in [-0.2, -0.15) is 13.2 Å². The molecule has 32 heavy (non-hydrogen) atoms. The van der Waals surface area contributed by atoms with Crippen LogP contribution in [0.1, 0.15) is 62.1 Å². The van der Waals surface area contributed by atoms with Crippen LogP contribution in [0.5, 0.6) is 0 Å². The van der Waals surface area contributed by atoms with E-state index in [1.54, 1.807) is 0 Å². The molecule has 2 nitrogen and oxygen atoms in total. The van der Waals surface area contributed by atoms with Crippen molar-refractivity contribution < 1.29 is 18.3 Å². The maximum absolute atomic E-state index is 13.5. The second kappa shape index (κ2) is 8.37. The van der Waals surface area contributed by atoms with E-state index in [-0.39, 0.29) is 5.92 Å². The smallest absolute Gasteiger partial charge is 0.380 e. The van der Waals surface area contributed by atoms with Crippen LogP contribution in [-0.4, -0.2) is 29.1 Å². The number of aliphatic hydroxyl groups is 1. The van der Waals surface area contributed by atoms with Crippen LogP contribution in [0.4, 0.5) is 13.2 Å². The van der Waals surface area contributed by atoms with Gasteiger partial charge in [-0.3, -0.25) is 0 Å². The highest BCUT2D eigenvalue weighted by molar-refractivity contribution is 7.99. The van der Waals surface area contributed by atoms with Crippen LogP contribution in [0.3, 0.4) is 0 Å². The van der Waals surface area contributed by atoms with E-state index < -0.39 is 17.3 Å². The number of halogens is 3. The van der Waals surface area contributed by atoms with Crippen molar-refractivity contribution in [2.75, 3.05) is 13.1 Å². The molecule has 1 saturated heterocycles. The fraction of sp³-hybridized carbons (Fsp3) is 0.538. The lowest BCUT2D eigenvalue weighted by Crippen LogP contribution is -2.48. The quantitative estimate of drug-likeness (QED) is 0.550. The van der Waals surface area contributed by atoms with Crippen molar-refractivity contribution in [2.45, 2.75) is 73.1 Å². The van der Waals surface area contributed by atoms with Gasteiger partial charge in [-0.25, -0.2) is 0 Å². The Labute approximate surface area is 192 Å². The minimum absolute atomic E-state index is 0.112. The molecule has 1 aliphatic carbocycles. The fourth-order valence-corrected chi connectivity index (χ4v) is 7.31. The van der Waals surface area contributed by atoms with Crippen molar-refractivity contribution in [3.8, 4) is 0 Å². The molecular formula is C26H30F3NOS. The number of fused-ring (bicyclic) bond motifs is 2. The number of nitrogens with zero attached hydrogens (tertiary/aromatic N) is 1. The van der Waals surface area contributed by atoms with Gasteiger partial charge < -0.3 is 10.0 Å². The summed E-state index contributed by atoms with van der Waals surface area (Å²) in [6.45, 7) is 4.09. The predicted octanol–water partition coefficient (Wildman–Crippen LogP) is 6.70. The molecule has 2 aromatic carbocycles. The highest BCUT2D eigenvalue weighted by Crippen LogP contribution is 2.54. The molecule has 5 rings (SSSR count).